The third-order valence-corrected chi connectivity index (χ3v) is 3.50. The van der Waals surface area contributed by atoms with E-state index in [1.165, 1.54) is 29.8 Å². The molecule has 23 heavy (non-hydrogen) atoms. The van der Waals surface area contributed by atoms with Gasteiger partial charge in [0.25, 0.3) is 5.69 Å². The molecule has 2 rings (SSSR count). The van der Waals surface area contributed by atoms with Crippen LogP contribution in [-0.4, -0.2) is 17.5 Å². The van der Waals surface area contributed by atoms with Crippen LogP contribution >= 0.6 is 0 Å². The third-order valence-electron chi connectivity index (χ3n) is 3.50. The molecule has 0 amide bonds. The van der Waals surface area contributed by atoms with Crippen molar-refractivity contribution < 1.29 is 14.5 Å². The molecule has 0 aliphatic rings. The third kappa shape index (κ3) is 5.54. The number of ether oxygens (including phenoxy) is 1. The lowest BCUT2D eigenvalue weighted by atomic mass is 10.1. The highest BCUT2D eigenvalue weighted by atomic mass is 16.6. The van der Waals surface area contributed by atoms with Gasteiger partial charge in [-0.25, -0.2) is 4.79 Å². The summed E-state index contributed by atoms with van der Waals surface area (Å²) in [6.07, 6.45) is 3.88. The lowest BCUT2D eigenvalue weighted by molar-refractivity contribution is -0.384. The lowest BCUT2D eigenvalue weighted by Gasteiger charge is -2.05. The molecule has 0 heterocycles. The second kappa shape index (κ2) is 8.68. The number of esters is 1. The molecule has 0 unspecified atom stereocenters. The molecule has 2 aromatic carbocycles. The Morgan fingerprint density at radius 1 is 0.957 bits per heavy atom. The van der Waals surface area contributed by atoms with Crippen molar-refractivity contribution in [3.05, 3.63) is 75.8 Å². The van der Waals surface area contributed by atoms with Crippen LogP contribution in [0.25, 0.3) is 0 Å². The van der Waals surface area contributed by atoms with E-state index < -0.39 is 10.9 Å². The van der Waals surface area contributed by atoms with Crippen molar-refractivity contribution >= 4 is 11.7 Å². The molecule has 2 aromatic rings. The van der Waals surface area contributed by atoms with E-state index in [-0.39, 0.29) is 5.69 Å². The predicted molar refractivity (Wildman–Crippen MR) is 87.4 cm³/mol. The average molecular weight is 313 g/mol. The lowest BCUT2D eigenvalue weighted by Crippen LogP contribution is -2.06. The monoisotopic (exact) mass is 313 g/mol. The minimum absolute atomic E-state index is 0.0394. The summed E-state index contributed by atoms with van der Waals surface area (Å²) in [5.74, 6) is -0.442. The van der Waals surface area contributed by atoms with E-state index in [2.05, 4.69) is 12.1 Å². The van der Waals surface area contributed by atoms with Gasteiger partial charge < -0.3 is 4.74 Å². The van der Waals surface area contributed by atoms with Gasteiger partial charge in [-0.2, -0.15) is 0 Å². The number of carbonyl (C=O) groups is 1. The van der Waals surface area contributed by atoms with Crippen molar-refractivity contribution in [2.75, 3.05) is 6.61 Å². The van der Waals surface area contributed by atoms with Gasteiger partial charge >= 0.3 is 5.97 Å². The van der Waals surface area contributed by atoms with Gasteiger partial charge in [-0.3, -0.25) is 10.1 Å². The molecule has 120 valence electrons. The molecule has 0 saturated heterocycles. The molecule has 0 radical (unpaired) electrons. The maximum absolute atomic E-state index is 11.8. The van der Waals surface area contributed by atoms with E-state index in [4.69, 9.17) is 4.74 Å². The first-order valence-corrected chi connectivity index (χ1v) is 7.62. The Labute approximate surface area is 135 Å². The van der Waals surface area contributed by atoms with Crippen LogP contribution in [0.4, 0.5) is 5.69 Å². The second-order valence-electron chi connectivity index (χ2n) is 5.24. The first-order valence-electron chi connectivity index (χ1n) is 7.62. The fraction of sp³-hybridized carbons (Fsp3) is 0.278. The number of aryl methyl sites for hydroxylation is 1. The van der Waals surface area contributed by atoms with Gasteiger partial charge in [-0.05, 0) is 43.4 Å². The number of nitro groups is 1. The van der Waals surface area contributed by atoms with Crippen LogP contribution in [0.3, 0.4) is 0 Å². The van der Waals surface area contributed by atoms with Gasteiger partial charge in [-0.1, -0.05) is 30.3 Å². The van der Waals surface area contributed by atoms with Crippen LogP contribution in [0.1, 0.15) is 35.2 Å². The topological polar surface area (TPSA) is 69.4 Å². The summed E-state index contributed by atoms with van der Waals surface area (Å²) < 4.78 is 5.17. The van der Waals surface area contributed by atoms with E-state index in [0.717, 1.165) is 25.7 Å². The van der Waals surface area contributed by atoms with Gasteiger partial charge in [0, 0.05) is 12.1 Å². The highest BCUT2D eigenvalue weighted by Gasteiger charge is 2.10. The summed E-state index contributed by atoms with van der Waals surface area (Å²) in [7, 11) is 0. The first kappa shape index (κ1) is 16.7. The number of rotatable bonds is 8. The van der Waals surface area contributed by atoms with Crippen LogP contribution in [0.5, 0.6) is 0 Å². The Balaban J connectivity index is 1.64. The second-order valence-corrected chi connectivity index (χ2v) is 5.24. The van der Waals surface area contributed by atoms with E-state index in [9.17, 15) is 14.9 Å². The summed E-state index contributed by atoms with van der Waals surface area (Å²) >= 11 is 0. The molecular formula is C18H19NO4. The number of nitro benzene ring substituents is 1. The molecule has 5 heteroatoms. The highest BCUT2D eigenvalue weighted by molar-refractivity contribution is 5.89. The van der Waals surface area contributed by atoms with E-state index in [0.29, 0.717) is 12.2 Å². The summed E-state index contributed by atoms with van der Waals surface area (Å²) in [5.41, 5.74) is 1.61. The van der Waals surface area contributed by atoms with E-state index >= 15 is 0 Å². The smallest absolute Gasteiger partial charge is 0.338 e. The van der Waals surface area contributed by atoms with Crippen molar-refractivity contribution in [1.29, 1.82) is 0 Å². The molecule has 5 nitrogen and oxygen atoms in total. The minimum Gasteiger partial charge on any atom is -0.462 e. The van der Waals surface area contributed by atoms with Crippen LogP contribution in [-0.2, 0) is 11.2 Å². The zero-order valence-electron chi connectivity index (χ0n) is 12.8. The van der Waals surface area contributed by atoms with Crippen molar-refractivity contribution in [2.45, 2.75) is 25.7 Å². The maximum Gasteiger partial charge on any atom is 0.338 e. The summed E-state index contributed by atoms with van der Waals surface area (Å²) in [4.78, 5) is 21.8. The largest absolute Gasteiger partial charge is 0.462 e. The van der Waals surface area contributed by atoms with Gasteiger partial charge in [0.15, 0.2) is 0 Å². The predicted octanol–water partition coefficient (Wildman–Crippen LogP) is 4.16. The fourth-order valence-electron chi connectivity index (χ4n) is 2.22. The molecule has 0 atom stereocenters. The van der Waals surface area contributed by atoms with Crippen molar-refractivity contribution in [2.24, 2.45) is 0 Å². The van der Waals surface area contributed by atoms with Crippen molar-refractivity contribution in [3.8, 4) is 0 Å². The standard InChI is InChI=1S/C18H19NO4/c20-18(16-10-12-17(13-11-16)19(21)22)23-14-6-2-5-9-15-7-3-1-4-8-15/h1,3-4,7-8,10-13H,2,5-6,9,14H2. The summed E-state index contributed by atoms with van der Waals surface area (Å²) in [6.45, 7) is 0.366. The molecule has 0 aliphatic carbocycles. The first-order chi connectivity index (χ1) is 11.2. The van der Waals surface area contributed by atoms with Crippen molar-refractivity contribution in [3.63, 3.8) is 0 Å². The molecule has 0 aliphatic heterocycles. The number of hydrogen-bond donors (Lipinski definition) is 0. The summed E-state index contributed by atoms with van der Waals surface area (Å²) in [5, 5.41) is 10.5. The Morgan fingerprint density at radius 2 is 1.65 bits per heavy atom. The van der Waals surface area contributed by atoms with Crippen molar-refractivity contribution in [1.82, 2.24) is 0 Å². The number of benzene rings is 2. The number of hydrogen-bond acceptors (Lipinski definition) is 4. The van der Waals surface area contributed by atoms with Gasteiger partial charge in [-0.15, -0.1) is 0 Å². The SMILES string of the molecule is O=C(OCCCCCc1ccccc1)c1ccc([N+](=O)[O-])cc1. The molecule has 0 aromatic heterocycles. The van der Waals surface area contributed by atoms with Crippen LogP contribution in [0.2, 0.25) is 0 Å². The van der Waals surface area contributed by atoms with Crippen LogP contribution < -0.4 is 0 Å². The maximum atomic E-state index is 11.8. The Hall–Kier alpha value is -2.69. The van der Waals surface area contributed by atoms with E-state index in [1.807, 2.05) is 18.2 Å². The normalized spacial score (nSPS) is 10.3. The van der Waals surface area contributed by atoms with Gasteiger partial charge in [0.05, 0.1) is 17.1 Å². The Bertz CT molecular complexity index is 638. The zero-order chi connectivity index (χ0) is 16.5. The number of nitrogens with zero attached hydrogens (tertiary/aromatic N) is 1. The van der Waals surface area contributed by atoms with Crippen LogP contribution in [0.15, 0.2) is 54.6 Å². The highest BCUT2D eigenvalue weighted by Crippen LogP contribution is 2.13. The molecule has 0 saturated carbocycles. The quantitative estimate of drug-likeness (QED) is 0.317. The Morgan fingerprint density at radius 3 is 2.30 bits per heavy atom. The fourth-order valence-corrected chi connectivity index (χ4v) is 2.22. The molecule has 0 fully saturated rings. The van der Waals surface area contributed by atoms with Gasteiger partial charge in [0.1, 0.15) is 0 Å². The van der Waals surface area contributed by atoms with Gasteiger partial charge in [0.2, 0.25) is 0 Å². The van der Waals surface area contributed by atoms with E-state index in [1.54, 1.807) is 0 Å². The number of non-ortho nitro benzene ring substituents is 1. The minimum atomic E-state index is -0.498. The molecular weight excluding hydrogens is 294 g/mol. The summed E-state index contributed by atoms with van der Waals surface area (Å²) in [6, 6.07) is 15.7. The molecule has 0 bridgehead atoms. The molecule has 0 spiro atoms. The Kier molecular flexibility index (Phi) is 6.29. The average Bonchev–Trinajstić information content (AvgIpc) is 2.58. The zero-order valence-corrected chi connectivity index (χ0v) is 12.8. The number of unbranched alkanes of at least 4 members (excludes halogenated alkanes) is 2. The number of carbonyl (C=O) groups excluding carboxylic acids is 1. The van der Waals surface area contributed by atoms with Crippen LogP contribution in [0, 0.1) is 10.1 Å². The molecule has 0 N–H and O–H groups in total.